The third kappa shape index (κ3) is 6.16. The molecule has 1 amide bonds. The van der Waals surface area contributed by atoms with Crippen LogP contribution in [0.2, 0.25) is 0 Å². The average Bonchev–Trinajstić information content (AvgIpc) is 2.78. The number of sulfonamides is 1. The van der Waals surface area contributed by atoms with Gasteiger partial charge in [-0.3, -0.25) is 9.52 Å². The van der Waals surface area contributed by atoms with Crippen molar-refractivity contribution in [2.45, 2.75) is 18.2 Å². The molecule has 0 aliphatic heterocycles. The van der Waals surface area contributed by atoms with E-state index in [1.165, 1.54) is 49.3 Å². The maximum atomic E-state index is 12.5. The number of ether oxygens (including phenoxy) is 2. The maximum Gasteiger partial charge on any atom is 0.263 e. The van der Waals surface area contributed by atoms with Crippen LogP contribution < -0.4 is 19.5 Å². The summed E-state index contributed by atoms with van der Waals surface area (Å²) in [6.07, 6.45) is 2.12. The number of aromatic nitrogens is 2. The smallest absolute Gasteiger partial charge is 0.263 e. The van der Waals surface area contributed by atoms with Crippen molar-refractivity contribution in [1.82, 2.24) is 9.97 Å². The minimum atomic E-state index is -3.87. The Balaban J connectivity index is 1.57. The van der Waals surface area contributed by atoms with Crippen LogP contribution in [0.25, 0.3) is 0 Å². The molecule has 1 aromatic heterocycles. The molecule has 0 bridgehead atoms. The number of aryl methyl sites for hydroxylation is 1. The Morgan fingerprint density at radius 1 is 1.03 bits per heavy atom. The molecule has 3 aromatic rings. The molecule has 0 unspecified atom stereocenters. The van der Waals surface area contributed by atoms with Gasteiger partial charge in [0.2, 0.25) is 5.88 Å². The number of amides is 1. The first kappa shape index (κ1) is 22.0. The van der Waals surface area contributed by atoms with Crippen molar-refractivity contribution in [3.63, 3.8) is 0 Å². The molecule has 31 heavy (non-hydrogen) atoms. The standard InChI is InChI=1S/C21H22N4O5S/c1-3-15-4-8-17(9-5-15)30-13-20(26)24-16-6-10-18(11-7-16)31(27,28)25-19-12-21(29-2)23-14-22-19/h4-12,14H,3,13H2,1-2H3,(H,24,26)(H,22,23,25). The molecule has 0 saturated carbocycles. The number of nitrogens with zero attached hydrogens (tertiary/aromatic N) is 2. The summed E-state index contributed by atoms with van der Waals surface area (Å²) in [6.45, 7) is 1.89. The molecular weight excluding hydrogens is 420 g/mol. The molecular formula is C21H22N4O5S. The van der Waals surface area contributed by atoms with Crippen molar-refractivity contribution in [3.8, 4) is 11.6 Å². The molecule has 2 N–H and O–H groups in total. The van der Waals surface area contributed by atoms with Gasteiger partial charge in [0, 0.05) is 11.8 Å². The Bertz CT molecular complexity index is 1130. The highest BCUT2D eigenvalue weighted by atomic mass is 32.2. The Morgan fingerprint density at radius 2 is 1.74 bits per heavy atom. The molecule has 9 nitrogen and oxygen atoms in total. The van der Waals surface area contributed by atoms with E-state index < -0.39 is 10.0 Å². The fraction of sp³-hybridized carbons (Fsp3) is 0.190. The zero-order chi connectivity index (χ0) is 22.3. The van der Waals surface area contributed by atoms with Gasteiger partial charge in [0.05, 0.1) is 12.0 Å². The van der Waals surface area contributed by atoms with Gasteiger partial charge in [-0.05, 0) is 48.4 Å². The van der Waals surface area contributed by atoms with Crippen molar-refractivity contribution < 1.29 is 22.7 Å². The third-order valence-corrected chi connectivity index (χ3v) is 5.61. The zero-order valence-electron chi connectivity index (χ0n) is 17.0. The Morgan fingerprint density at radius 3 is 2.39 bits per heavy atom. The van der Waals surface area contributed by atoms with Gasteiger partial charge in [0.15, 0.2) is 6.61 Å². The Labute approximate surface area is 180 Å². The minimum Gasteiger partial charge on any atom is -0.484 e. The van der Waals surface area contributed by atoms with Crippen molar-refractivity contribution in [2.75, 3.05) is 23.8 Å². The lowest BCUT2D eigenvalue weighted by Crippen LogP contribution is -2.20. The number of benzene rings is 2. The second-order valence-electron chi connectivity index (χ2n) is 6.41. The predicted octanol–water partition coefficient (Wildman–Crippen LogP) is 2.87. The molecule has 0 atom stereocenters. The number of anilines is 2. The molecule has 0 aliphatic rings. The van der Waals surface area contributed by atoms with Crippen molar-refractivity contribution in [3.05, 3.63) is 66.5 Å². The van der Waals surface area contributed by atoms with Gasteiger partial charge in [-0.15, -0.1) is 0 Å². The van der Waals surface area contributed by atoms with Crippen LogP contribution in [0.3, 0.4) is 0 Å². The van der Waals surface area contributed by atoms with E-state index in [0.29, 0.717) is 11.4 Å². The largest absolute Gasteiger partial charge is 0.484 e. The number of methoxy groups -OCH3 is 1. The number of rotatable bonds is 9. The summed E-state index contributed by atoms with van der Waals surface area (Å²) in [5, 5.41) is 2.66. The first-order valence-electron chi connectivity index (χ1n) is 9.40. The topological polar surface area (TPSA) is 120 Å². The average molecular weight is 442 g/mol. The van der Waals surface area contributed by atoms with Crippen LogP contribution in [0, 0.1) is 0 Å². The Hall–Kier alpha value is -3.66. The number of nitrogens with one attached hydrogen (secondary N) is 2. The molecule has 162 valence electrons. The van der Waals surface area contributed by atoms with Gasteiger partial charge in [-0.1, -0.05) is 19.1 Å². The number of carbonyl (C=O) groups excluding carboxylic acids is 1. The lowest BCUT2D eigenvalue weighted by atomic mass is 10.2. The molecule has 0 radical (unpaired) electrons. The maximum absolute atomic E-state index is 12.5. The van der Waals surface area contributed by atoms with Crippen LogP contribution in [0.4, 0.5) is 11.5 Å². The van der Waals surface area contributed by atoms with Crippen LogP contribution in [-0.2, 0) is 21.2 Å². The van der Waals surface area contributed by atoms with Crippen LogP contribution in [0.1, 0.15) is 12.5 Å². The minimum absolute atomic E-state index is 0.00958. The van der Waals surface area contributed by atoms with Gasteiger partial charge in [0.1, 0.15) is 17.9 Å². The van der Waals surface area contributed by atoms with Gasteiger partial charge >= 0.3 is 0 Å². The molecule has 2 aromatic carbocycles. The van der Waals surface area contributed by atoms with Crippen molar-refractivity contribution in [2.24, 2.45) is 0 Å². The predicted molar refractivity (Wildman–Crippen MR) is 116 cm³/mol. The van der Waals surface area contributed by atoms with Gasteiger partial charge < -0.3 is 14.8 Å². The third-order valence-electron chi connectivity index (χ3n) is 4.24. The highest BCUT2D eigenvalue weighted by Crippen LogP contribution is 2.19. The molecule has 10 heteroatoms. The van der Waals surface area contributed by atoms with E-state index in [0.717, 1.165) is 6.42 Å². The normalized spacial score (nSPS) is 10.9. The van der Waals surface area contributed by atoms with E-state index in [1.807, 2.05) is 24.3 Å². The highest BCUT2D eigenvalue weighted by molar-refractivity contribution is 7.92. The Kier molecular flexibility index (Phi) is 7.03. The summed E-state index contributed by atoms with van der Waals surface area (Å²) in [6, 6.07) is 14.6. The summed E-state index contributed by atoms with van der Waals surface area (Å²) in [5.41, 5.74) is 1.62. The highest BCUT2D eigenvalue weighted by Gasteiger charge is 2.16. The fourth-order valence-corrected chi connectivity index (χ4v) is 3.59. The first-order chi connectivity index (χ1) is 14.9. The van der Waals surface area contributed by atoms with Crippen LogP contribution in [0.5, 0.6) is 11.6 Å². The molecule has 1 heterocycles. The van der Waals surface area contributed by atoms with E-state index in [1.54, 1.807) is 0 Å². The second-order valence-corrected chi connectivity index (χ2v) is 8.09. The lowest BCUT2D eigenvalue weighted by molar-refractivity contribution is -0.118. The van der Waals surface area contributed by atoms with Crippen molar-refractivity contribution >= 4 is 27.4 Å². The number of hydrogen-bond donors (Lipinski definition) is 2. The molecule has 0 aliphatic carbocycles. The number of carbonyl (C=O) groups is 1. The SMILES string of the molecule is CCc1ccc(OCC(=O)Nc2ccc(S(=O)(=O)Nc3cc(OC)ncn3)cc2)cc1. The molecule has 3 rings (SSSR count). The summed E-state index contributed by atoms with van der Waals surface area (Å²) in [7, 11) is -2.45. The van der Waals surface area contributed by atoms with Crippen LogP contribution in [-0.4, -0.2) is 38.0 Å². The van der Waals surface area contributed by atoms with E-state index in [9.17, 15) is 13.2 Å². The number of hydrogen-bond acceptors (Lipinski definition) is 7. The van der Waals surface area contributed by atoms with Gasteiger partial charge in [0.25, 0.3) is 15.9 Å². The van der Waals surface area contributed by atoms with E-state index in [2.05, 4.69) is 26.9 Å². The van der Waals surface area contributed by atoms with E-state index in [4.69, 9.17) is 9.47 Å². The van der Waals surface area contributed by atoms with Crippen molar-refractivity contribution in [1.29, 1.82) is 0 Å². The lowest BCUT2D eigenvalue weighted by Gasteiger charge is -2.10. The van der Waals surface area contributed by atoms with Gasteiger partial charge in [-0.25, -0.2) is 18.4 Å². The van der Waals surface area contributed by atoms with Crippen LogP contribution in [0.15, 0.2) is 65.8 Å². The molecule has 0 saturated heterocycles. The first-order valence-corrected chi connectivity index (χ1v) is 10.9. The quantitative estimate of drug-likeness (QED) is 0.523. The van der Waals surface area contributed by atoms with Gasteiger partial charge in [-0.2, -0.15) is 0 Å². The van der Waals surface area contributed by atoms with E-state index in [-0.39, 0.29) is 29.1 Å². The summed E-state index contributed by atoms with van der Waals surface area (Å²) >= 11 is 0. The fourth-order valence-electron chi connectivity index (χ4n) is 2.59. The molecule has 0 spiro atoms. The molecule has 0 fully saturated rings. The monoisotopic (exact) mass is 442 g/mol. The van der Waals surface area contributed by atoms with E-state index >= 15 is 0 Å². The van der Waals surface area contributed by atoms with Crippen LogP contribution >= 0.6 is 0 Å². The summed E-state index contributed by atoms with van der Waals surface area (Å²) in [4.78, 5) is 19.8. The zero-order valence-corrected chi connectivity index (χ0v) is 17.8. The second kappa shape index (κ2) is 9.90. The summed E-state index contributed by atoms with van der Waals surface area (Å²) in [5.74, 6) is 0.547. The summed E-state index contributed by atoms with van der Waals surface area (Å²) < 4.78 is 37.8.